The Balaban J connectivity index is 1.84. The highest BCUT2D eigenvalue weighted by molar-refractivity contribution is 5.89. The second kappa shape index (κ2) is 5.06. The summed E-state index contributed by atoms with van der Waals surface area (Å²) in [6.07, 6.45) is 0. The molecule has 0 unspecified atom stereocenters. The number of rotatable bonds is 4. The van der Waals surface area contributed by atoms with Gasteiger partial charge in [-0.25, -0.2) is 11.0 Å². The van der Waals surface area contributed by atoms with Gasteiger partial charge in [0.2, 0.25) is 0 Å². The van der Waals surface area contributed by atoms with Gasteiger partial charge in [0, 0.05) is 12.6 Å². The van der Waals surface area contributed by atoms with Gasteiger partial charge in [0.1, 0.15) is 5.69 Å². The molecule has 2 aromatic carbocycles. The van der Waals surface area contributed by atoms with E-state index < -0.39 is 4.92 Å². The minimum Gasteiger partial charge on any atom is -0.379 e. The van der Waals surface area contributed by atoms with E-state index in [2.05, 4.69) is 16.3 Å². The van der Waals surface area contributed by atoms with E-state index in [0.717, 1.165) is 11.3 Å². The topological polar surface area (TPSA) is 88.5 Å². The van der Waals surface area contributed by atoms with E-state index in [0.29, 0.717) is 17.9 Å². The first-order chi connectivity index (χ1) is 9.75. The molecule has 0 amide bonds. The molecule has 0 saturated carbocycles. The molecule has 0 aliphatic carbocycles. The molecule has 3 rings (SSSR count). The summed E-state index contributed by atoms with van der Waals surface area (Å²) >= 11 is 0. The normalized spacial score (nSPS) is 12.2. The lowest BCUT2D eigenvalue weighted by Gasteiger charge is -2.09. The van der Waals surface area contributed by atoms with Gasteiger partial charge in [-0.15, -0.1) is 0 Å². The molecular weight excluding hydrogens is 260 g/mol. The maximum Gasteiger partial charge on any atom is 0.297 e. The largest absolute Gasteiger partial charge is 0.379 e. The number of nitrogens with zero attached hydrogens (tertiary/aromatic N) is 1. The molecule has 0 saturated heterocycles. The van der Waals surface area contributed by atoms with Gasteiger partial charge < -0.3 is 5.32 Å². The van der Waals surface area contributed by atoms with Crippen molar-refractivity contribution in [3.8, 4) is 0 Å². The van der Waals surface area contributed by atoms with E-state index >= 15 is 0 Å². The third-order valence-corrected chi connectivity index (χ3v) is 3.01. The third-order valence-electron chi connectivity index (χ3n) is 3.01. The van der Waals surface area contributed by atoms with Crippen molar-refractivity contribution in [2.24, 2.45) is 0 Å². The number of nitrogens with one attached hydrogen (secondary N) is 3. The fraction of sp³-hybridized carbons (Fsp3) is 0.0769. The van der Waals surface area contributed by atoms with E-state index in [1.165, 1.54) is 6.07 Å². The standard InChI is InChI=1S/C13H12N4O3/c18-17(19)11-7-6-10(12-13(11)16-20-15-12)14-8-9-4-2-1-3-5-9/h1-7,14-16H,8H2. The summed E-state index contributed by atoms with van der Waals surface area (Å²) in [4.78, 5) is 15.3. The number of hydrogen-bond donors (Lipinski definition) is 3. The molecule has 2 aromatic rings. The van der Waals surface area contributed by atoms with Crippen molar-refractivity contribution in [2.75, 3.05) is 16.3 Å². The Labute approximate surface area is 114 Å². The smallest absolute Gasteiger partial charge is 0.297 e. The molecule has 0 spiro atoms. The van der Waals surface area contributed by atoms with Gasteiger partial charge in [-0.05, 0) is 11.6 Å². The summed E-state index contributed by atoms with van der Waals surface area (Å²) in [5.74, 6) is 0. The van der Waals surface area contributed by atoms with E-state index in [-0.39, 0.29) is 5.69 Å². The van der Waals surface area contributed by atoms with Crippen LogP contribution in [-0.4, -0.2) is 4.92 Å². The van der Waals surface area contributed by atoms with Gasteiger partial charge in [-0.3, -0.25) is 10.1 Å². The SMILES string of the molecule is O=[N+]([O-])c1ccc(NCc2ccccc2)c2c1NON2. The van der Waals surface area contributed by atoms with Crippen molar-refractivity contribution < 1.29 is 9.86 Å². The molecule has 0 radical (unpaired) electrons. The zero-order chi connectivity index (χ0) is 13.9. The summed E-state index contributed by atoms with van der Waals surface area (Å²) in [5, 5.41) is 14.1. The van der Waals surface area contributed by atoms with Crippen LogP contribution in [0.5, 0.6) is 0 Å². The van der Waals surface area contributed by atoms with E-state index in [1.807, 2.05) is 30.3 Å². The average molecular weight is 272 g/mol. The first-order valence-corrected chi connectivity index (χ1v) is 6.03. The zero-order valence-electron chi connectivity index (χ0n) is 10.4. The summed E-state index contributed by atoms with van der Waals surface area (Å²) in [6, 6.07) is 13.0. The molecule has 7 heteroatoms. The first-order valence-electron chi connectivity index (χ1n) is 6.03. The molecule has 102 valence electrons. The molecule has 3 N–H and O–H groups in total. The first kappa shape index (κ1) is 12.2. The van der Waals surface area contributed by atoms with Crippen LogP contribution in [0.15, 0.2) is 42.5 Å². The van der Waals surface area contributed by atoms with Crippen LogP contribution >= 0.6 is 0 Å². The second-order valence-electron chi connectivity index (χ2n) is 4.28. The highest BCUT2D eigenvalue weighted by atomic mass is 16.8. The predicted molar refractivity (Wildman–Crippen MR) is 75.2 cm³/mol. The van der Waals surface area contributed by atoms with Gasteiger partial charge in [0.05, 0.1) is 10.6 Å². The highest BCUT2D eigenvalue weighted by Gasteiger charge is 2.25. The number of anilines is 3. The maximum atomic E-state index is 10.9. The predicted octanol–water partition coefficient (Wildman–Crippen LogP) is 2.89. The summed E-state index contributed by atoms with van der Waals surface area (Å²) < 4.78 is 0. The highest BCUT2D eigenvalue weighted by Crippen LogP contribution is 2.41. The molecule has 0 fully saturated rings. The van der Waals surface area contributed by atoms with Crippen LogP contribution in [-0.2, 0) is 11.5 Å². The summed E-state index contributed by atoms with van der Waals surface area (Å²) in [6.45, 7) is 0.618. The van der Waals surface area contributed by atoms with Crippen LogP contribution in [0.25, 0.3) is 0 Å². The van der Waals surface area contributed by atoms with Crippen LogP contribution in [0.2, 0.25) is 0 Å². The summed E-state index contributed by atoms with van der Waals surface area (Å²) in [7, 11) is 0. The average Bonchev–Trinajstić information content (AvgIpc) is 2.95. The Hall–Kier alpha value is -2.80. The van der Waals surface area contributed by atoms with Crippen molar-refractivity contribution in [1.82, 2.24) is 0 Å². The Kier molecular flexibility index (Phi) is 3.10. The van der Waals surface area contributed by atoms with Gasteiger partial charge in [0.15, 0.2) is 5.69 Å². The van der Waals surface area contributed by atoms with Crippen molar-refractivity contribution >= 4 is 22.7 Å². The van der Waals surface area contributed by atoms with E-state index in [1.54, 1.807) is 6.07 Å². The Bertz CT molecular complexity index is 646. The minimum absolute atomic E-state index is 0.0322. The van der Waals surface area contributed by atoms with Crippen LogP contribution in [0.4, 0.5) is 22.7 Å². The van der Waals surface area contributed by atoms with Crippen molar-refractivity contribution in [2.45, 2.75) is 6.54 Å². The van der Waals surface area contributed by atoms with Crippen LogP contribution in [0.1, 0.15) is 5.56 Å². The molecule has 20 heavy (non-hydrogen) atoms. The Morgan fingerprint density at radius 2 is 1.85 bits per heavy atom. The van der Waals surface area contributed by atoms with Gasteiger partial charge >= 0.3 is 0 Å². The van der Waals surface area contributed by atoms with Gasteiger partial charge in [0.25, 0.3) is 5.69 Å². The zero-order valence-corrected chi connectivity index (χ0v) is 10.4. The molecule has 0 aromatic heterocycles. The van der Waals surface area contributed by atoms with Gasteiger partial charge in [-0.1, -0.05) is 30.3 Å². The molecular formula is C13H12N4O3. The summed E-state index contributed by atoms with van der Waals surface area (Å²) in [5.41, 5.74) is 7.80. The Morgan fingerprint density at radius 1 is 1.10 bits per heavy atom. The van der Waals surface area contributed by atoms with Crippen LogP contribution < -0.4 is 16.3 Å². The van der Waals surface area contributed by atoms with Crippen LogP contribution in [0, 0.1) is 10.1 Å². The van der Waals surface area contributed by atoms with Crippen molar-refractivity contribution in [1.29, 1.82) is 0 Å². The molecule has 1 aliphatic rings. The molecule has 7 nitrogen and oxygen atoms in total. The number of benzene rings is 2. The molecule has 1 aliphatic heterocycles. The lowest BCUT2D eigenvalue weighted by molar-refractivity contribution is -0.384. The van der Waals surface area contributed by atoms with Crippen molar-refractivity contribution in [3.05, 3.63) is 58.1 Å². The van der Waals surface area contributed by atoms with Crippen LogP contribution in [0.3, 0.4) is 0 Å². The van der Waals surface area contributed by atoms with Gasteiger partial charge in [-0.2, -0.15) is 4.94 Å². The third kappa shape index (κ3) is 2.21. The lowest BCUT2D eigenvalue weighted by Crippen LogP contribution is -2.02. The fourth-order valence-electron chi connectivity index (χ4n) is 2.02. The molecule has 0 bridgehead atoms. The minimum atomic E-state index is -0.455. The fourth-order valence-corrected chi connectivity index (χ4v) is 2.02. The monoisotopic (exact) mass is 272 g/mol. The lowest BCUT2D eigenvalue weighted by atomic mass is 10.2. The number of hydrogen-bond acceptors (Lipinski definition) is 6. The quantitative estimate of drug-likeness (QED) is 0.586. The second-order valence-corrected chi connectivity index (χ2v) is 4.28. The molecule has 1 heterocycles. The number of nitro groups is 1. The molecule has 0 atom stereocenters. The number of fused-ring (bicyclic) bond motifs is 1. The van der Waals surface area contributed by atoms with Crippen molar-refractivity contribution in [3.63, 3.8) is 0 Å². The number of nitro benzene ring substituents is 1. The van der Waals surface area contributed by atoms with E-state index in [4.69, 9.17) is 4.94 Å². The maximum absolute atomic E-state index is 10.9. The van der Waals surface area contributed by atoms with E-state index in [9.17, 15) is 10.1 Å². The Morgan fingerprint density at radius 3 is 2.60 bits per heavy atom.